The molecule has 0 spiro atoms. The van der Waals surface area contributed by atoms with Crippen molar-refractivity contribution in [1.29, 1.82) is 0 Å². The number of benzene rings is 3. The van der Waals surface area contributed by atoms with Crippen LogP contribution in [0.2, 0.25) is 0 Å². The summed E-state index contributed by atoms with van der Waals surface area (Å²) in [6, 6.07) is 22.8. The third kappa shape index (κ3) is 4.38. The van der Waals surface area contributed by atoms with Crippen LogP contribution in [-0.4, -0.2) is 13.0 Å². The Morgan fingerprint density at radius 2 is 1.44 bits per heavy atom. The van der Waals surface area contributed by atoms with E-state index in [9.17, 15) is 4.79 Å². The van der Waals surface area contributed by atoms with Crippen LogP contribution in [0.25, 0.3) is 0 Å². The highest BCUT2D eigenvalue weighted by Gasteiger charge is 2.06. The second kappa shape index (κ2) is 7.53. The van der Waals surface area contributed by atoms with Gasteiger partial charge in [-0.05, 0) is 67.6 Å². The van der Waals surface area contributed by atoms with Crippen LogP contribution in [-0.2, 0) is 0 Å². The highest BCUT2D eigenvalue weighted by atomic mass is 16.5. The van der Waals surface area contributed by atoms with Crippen molar-refractivity contribution in [1.82, 2.24) is 0 Å². The van der Waals surface area contributed by atoms with Gasteiger partial charge in [-0.2, -0.15) is 0 Å². The second-order valence-electron chi connectivity index (χ2n) is 5.75. The number of carbonyl (C=O) groups is 1. The SMILES string of the molecule is COc1ccc(Nc2ccc(NC(=O)c3cccc(C)c3)cc2)cc1. The molecule has 0 aromatic heterocycles. The highest BCUT2D eigenvalue weighted by molar-refractivity contribution is 6.04. The van der Waals surface area contributed by atoms with Gasteiger partial charge in [0, 0.05) is 22.6 Å². The van der Waals surface area contributed by atoms with Crippen molar-refractivity contribution >= 4 is 23.0 Å². The zero-order valence-corrected chi connectivity index (χ0v) is 14.2. The maximum Gasteiger partial charge on any atom is 0.255 e. The number of ether oxygens (including phenoxy) is 1. The molecule has 0 radical (unpaired) electrons. The Morgan fingerprint density at radius 1 is 0.840 bits per heavy atom. The van der Waals surface area contributed by atoms with Crippen LogP contribution in [0.5, 0.6) is 5.75 Å². The van der Waals surface area contributed by atoms with E-state index >= 15 is 0 Å². The van der Waals surface area contributed by atoms with Crippen LogP contribution in [0.15, 0.2) is 72.8 Å². The Kier molecular flexibility index (Phi) is 5.00. The van der Waals surface area contributed by atoms with Crippen LogP contribution >= 0.6 is 0 Å². The molecular weight excluding hydrogens is 312 g/mol. The summed E-state index contributed by atoms with van der Waals surface area (Å²) < 4.78 is 5.15. The molecule has 3 rings (SSSR count). The monoisotopic (exact) mass is 332 g/mol. The Labute approximate surface area is 147 Å². The van der Waals surface area contributed by atoms with Gasteiger partial charge in [-0.3, -0.25) is 4.79 Å². The fourth-order valence-corrected chi connectivity index (χ4v) is 2.47. The lowest BCUT2D eigenvalue weighted by molar-refractivity contribution is 0.102. The first-order chi connectivity index (χ1) is 12.1. The van der Waals surface area contributed by atoms with E-state index in [0.717, 1.165) is 28.4 Å². The Hall–Kier alpha value is -3.27. The summed E-state index contributed by atoms with van der Waals surface area (Å²) in [4.78, 5) is 12.3. The number of rotatable bonds is 5. The molecule has 0 unspecified atom stereocenters. The number of carbonyl (C=O) groups excluding carboxylic acids is 1. The van der Waals surface area contributed by atoms with Gasteiger partial charge in [0.15, 0.2) is 0 Å². The average molecular weight is 332 g/mol. The minimum absolute atomic E-state index is 0.112. The van der Waals surface area contributed by atoms with E-state index < -0.39 is 0 Å². The summed E-state index contributed by atoms with van der Waals surface area (Å²) in [7, 11) is 1.65. The number of anilines is 3. The van der Waals surface area contributed by atoms with E-state index in [0.29, 0.717) is 5.56 Å². The Morgan fingerprint density at radius 3 is 2.04 bits per heavy atom. The number of aryl methyl sites for hydroxylation is 1. The van der Waals surface area contributed by atoms with E-state index in [1.165, 1.54) is 0 Å². The smallest absolute Gasteiger partial charge is 0.255 e. The fourth-order valence-electron chi connectivity index (χ4n) is 2.47. The number of methoxy groups -OCH3 is 1. The van der Waals surface area contributed by atoms with Crippen molar-refractivity contribution in [3.05, 3.63) is 83.9 Å². The lowest BCUT2D eigenvalue weighted by atomic mass is 10.1. The number of hydrogen-bond donors (Lipinski definition) is 2. The molecule has 0 atom stereocenters. The van der Waals surface area contributed by atoms with Gasteiger partial charge >= 0.3 is 0 Å². The van der Waals surface area contributed by atoms with Crippen molar-refractivity contribution in [3.8, 4) is 5.75 Å². The molecule has 0 aliphatic rings. The molecule has 0 aliphatic heterocycles. The number of amides is 1. The normalized spacial score (nSPS) is 10.2. The molecule has 0 aliphatic carbocycles. The van der Waals surface area contributed by atoms with E-state index in [2.05, 4.69) is 10.6 Å². The molecule has 0 heterocycles. The number of nitrogens with one attached hydrogen (secondary N) is 2. The van der Waals surface area contributed by atoms with Crippen LogP contribution < -0.4 is 15.4 Å². The predicted octanol–water partition coefficient (Wildman–Crippen LogP) is 5.00. The second-order valence-corrected chi connectivity index (χ2v) is 5.75. The minimum atomic E-state index is -0.112. The molecule has 2 N–H and O–H groups in total. The minimum Gasteiger partial charge on any atom is -0.497 e. The van der Waals surface area contributed by atoms with E-state index in [4.69, 9.17) is 4.74 Å². The summed E-state index contributed by atoms with van der Waals surface area (Å²) in [5, 5.41) is 6.21. The molecular formula is C21H20N2O2. The van der Waals surface area contributed by atoms with Gasteiger partial charge in [0.05, 0.1) is 7.11 Å². The van der Waals surface area contributed by atoms with Crippen molar-refractivity contribution in [3.63, 3.8) is 0 Å². The average Bonchev–Trinajstić information content (AvgIpc) is 2.64. The third-order valence-corrected chi connectivity index (χ3v) is 3.80. The van der Waals surface area contributed by atoms with E-state index in [1.54, 1.807) is 7.11 Å². The van der Waals surface area contributed by atoms with Gasteiger partial charge in [0.1, 0.15) is 5.75 Å². The quantitative estimate of drug-likeness (QED) is 0.691. The molecule has 126 valence electrons. The lowest BCUT2D eigenvalue weighted by Crippen LogP contribution is -2.11. The van der Waals surface area contributed by atoms with Crippen LogP contribution in [0.1, 0.15) is 15.9 Å². The lowest BCUT2D eigenvalue weighted by Gasteiger charge is -2.09. The highest BCUT2D eigenvalue weighted by Crippen LogP contribution is 2.21. The largest absolute Gasteiger partial charge is 0.497 e. The zero-order chi connectivity index (χ0) is 17.6. The predicted molar refractivity (Wildman–Crippen MR) is 102 cm³/mol. The fraction of sp³-hybridized carbons (Fsp3) is 0.0952. The Balaban J connectivity index is 1.64. The zero-order valence-electron chi connectivity index (χ0n) is 14.2. The first-order valence-corrected chi connectivity index (χ1v) is 8.03. The third-order valence-electron chi connectivity index (χ3n) is 3.80. The molecule has 3 aromatic carbocycles. The maximum absolute atomic E-state index is 12.3. The Bertz CT molecular complexity index is 856. The first-order valence-electron chi connectivity index (χ1n) is 8.03. The summed E-state index contributed by atoms with van der Waals surface area (Å²) in [5.41, 5.74) is 4.38. The van der Waals surface area contributed by atoms with Crippen molar-refractivity contribution in [2.45, 2.75) is 6.92 Å². The summed E-state index contributed by atoms with van der Waals surface area (Å²) in [5.74, 6) is 0.708. The molecule has 0 bridgehead atoms. The van der Waals surface area contributed by atoms with Gasteiger partial charge in [0.25, 0.3) is 5.91 Å². The molecule has 0 saturated carbocycles. The first kappa shape index (κ1) is 16.6. The van der Waals surface area contributed by atoms with Crippen LogP contribution in [0.4, 0.5) is 17.1 Å². The molecule has 3 aromatic rings. The standard InChI is InChI=1S/C21H20N2O2/c1-15-4-3-5-16(14-15)21(24)23-19-8-6-17(7-9-19)22-18-10-12-20(25-2)13-11-18/h3-14,22H,1-2H3,(H,23,24). The van der Waals surface area contributed by atoms with Crippen molar-refractivity contribution in [2.24, 2.45) is 0 Å². The molecule has 0 saturated heterocycles. The molecule has 1 amide bonds. The van der Waals surface area contributed by atoms with Gasteiger partial charge < -0.3 is 15.4 Å². The molecule has 0 fully saturated rings. The van der Waals surface area contributed by atoms with Gasteiger partial charge in [-0.1, -0.05) is 17.7 Å². The summed E-state index contributed by atoms with van der Waals surface area (Å²) in [6.45, 7) is 1.97. The van der Waals surface area contributed by atoms with Crippen LogP contribution in [0.3, 0.4) is 0 Å². The van der Waals surface area contributed by atoms with Gasteiger partial charge in [-0.15, -0.1) is 0 Å². The number of hydrogen-bond acceptors (Lipinski definition) is 3. The van der Waals surface area contributed by atoms with Crippen molar-refractivity contribution in [2.75, 3.05) is 17.7 Å². The topological polar surface area (TPSA) is 50.4 Å². The summed E-state index contributed by atoms with van der Waals surface area (Å²) >= 11 is 0. The summed E-state index contributed by atoms with van der Waals surface area (Å²) in [6.07, 6.45) is 0. The maximum atomic E-state index is 12.3. The van der Waals surface area contributed by atoms with Crippen molar-refractivity contribution < 1.29 is 9.53 Å². The van der Waals surface area contributed by atoms with Gasteiger partial charge in [0.2, 0.25) is 0 Å². The van der Waals surface area contributed by atoms with E-state index in [1.807, 2.05) is 79.7 Å². The molecule has 25 heavy (non-hydrogen) atoms. The molecule has 4 nitrogen and oxygen atoms in total. The van der Waals surface area contributed by atoms with Gasteiger partial charge in [-0.25, -0.2) is 0 Å². The molecule has 4 heteroatoms. The van der Waals surface area contributed by atoms with E-state index in [-0.39, 0.29) is 5.91 Å². The van der Waals surface area contributed by atoms with Crippen LogP contribution in [0, 0.1) is 6.92 Å².